The van der Waals surface area contributed by atoms with E-state index in [2.05, 4.69) is 5.16 Å². The number of alkyl halides is 1. The largest absolute Gasteiger partial charge is 0.387 e. The fraction of sp³-hybridized carbons (Fsp3) is 0.417. The van der Waals surface area contributed by atoms with Crippen LogP contribution in [0, 0.1) is 0 Å². The molecule has 0 saturated heterocycles. The molecule has 1 aromatic carbocycles. The predicted octanol–water partition coefficient (Wildman–Crippen LogP) is 2.99. The second kappa shape index (κ2) is 5.31. The van der Waals surface area contributed by atoms with Gasteiger partial charge in [0.1, 0.15) is 0 Å². The highest BCUT2D eigenvalue weighted by molar-refractivity contribution is 8.05. The van der Waals surface area contributed by atoms with Crippen molar-refractivity contribution in [1.82, 2.24) is 0 Å². The van der Waals surface area contributed by atoms with Gasteiger partial charge < -0.3 is 4.84 Å². The van der Waals surface area contributed by atoms with E-state index in [9.17, 15) is 8.42 Å². The number of hydrogen-bond acceptors (Lipinski definition) is 4. The van der Waals surface area contributed by atoms with Crippen LogP contribution < -0.4 is 0 Å². The minimum absolute atomic E-state index is 0.0376. The number of nitrogens with zero attached hydrogens (tertiary/aromatic N) is 1. The topological polar surface area (TPSA) is 55.7 Å². The molecule has 0 amide bonds. The van der Waals surface area contributed by atoms with Gasteiger partial charge in [-0.05, 0) is 24.6 Å². The lowest BCUT2D eigenvalue weighted by Crippen LogP contribution is -2.28. The lowest BCUT2D eigenvalue weighted by molar-refractivity contribution is 0.0152. The van der Waals surface area contributed by atoms with E-state index in [4.69, 9.17) is 28.0 Å². The number of halogens is 2. The summed E-state index contributed by atoms with van der Waals surface area (Å²) in [4.78, 5) is 5.10. The zero-order valence-corrected chi connectivity index (χ0v) is 12.6. The molecule has 0 spiro atoms. The average molecular weight is 322 g/mol. The van der Waals surface area contributed by atoms with E-state index in [-0.39, 0.29) is 23.1 Å². The standard InChI is InChI=1S/C12H13Cl2NO3S/c1-12(8-13)6-11(15-18-12)19(16,17)7-9-3-2-4-10(14)5-9/h2-5H,6-8H2,1H3. The van der Waals surface area contributed by atoms with Gasteiger partial charge in [0.05, 0.1) is 11.6 Å². The molecule has 0 N–H and O–H groups in total. The Bertz CT molecular complexity index is 615. The van der Waals surface area contributed by atoms with E-state index in [1.807, 2.05) is 0 Å². The van der Waals surface area contributed by atoms with Crippen LogP contribution in [-0.2, 0) is 20.4 Å². The number of rotatable bonds is 3. The molecule has 1 aromatic rings. The fourth-order valence-corrected chi connectivity index (χ4v) is 3.53. The Hall–Kier alpha value is -0.780. The van der Waals surface area contributed by atoms with Crippen molar-refractivity contribution in [2.45, 2.75) is 24.7 Å². The second-order valence-corrected chi connectivity index (χ2v) is 7.42. The highest BCUT2D eigenvalue weighted by Gasteiger charge is 2.39. The van der Waals surface area contributed by atoms with Gasteiger partial charge in [-0.2, -0.15) is 0 Å². The number of hydrogen-bond donors (Lipinski definition) is 0. The quantitative estimate of drug-likeness (QED) is 0.804. The maximum atomic E-state index is 12.2. The molecule has 4 nitrogen and oxygen atoms in total. The maximum absolute atomic E-state index is 12.2. The zero-order valence-electron chi connectivity index (χ0n) is 10.3. The van der Waals surface area contributed by atoms with Crippen LogP contribution >= 0.6 is 23.2 Å². The fourth-order valence-electron chi connectivity index (χ4n) is 1.71. The molecule has 0 fully saturated rings. The molecule has 7 heteroatoms. The first kappa shape index (κ1) is 14.6. The second-order valence-electron chi connectivity index (χ2n) is 4.73. The summed E-state index contributed by atoms with van der Waals surface area (Å²) in [6.45, 7) is 1.73. The average Bonchev–Trinajstić information content (AvgIpc) is 2.73. The van der Waals surface area contributed by atoms with E-state index in [1.54, 1.807) is 31.2 Å². The van der Waals surface area contributed by atoms with Crippen molar-refractivity contribution in [1.29, 1.82) is 0 Å². The van der Waals surface area contributed by atoms with Crippen molar-refractivity contribution < 1.29 is 13.3 Å². The lowest BCUT2D eigenvalue weighted by Gasteiger charge is -2.16. The van der Waals surface area contributed by atoms with Crippen molar-refractivity contribution in [2.75, 3.05) is 5.88 Å². The molecule has 0 radical (unpaired) electrons. The Morgan fingerprint density at radius 1 is 1.47 bits per heavy atom. The van der Waals surface area contributed by atoms with Crippen LogP contribution in [0.2, 0.25) is 5.02 Å². The SMILES string of the molecule is CC1(CCl)CC(S(=O)(=O)Cc2cccc(Cl)c2)=NO1. The predicted molar refractivity (Wildman–Crippen MR) is 76.3 cm³/mol. The molecule has 1 aliphatic rings. The Morgan fingerprint density at radius 3 is 2.79 bits per heavy atom. The van der Waals surface area contributed by atoms with Gasteiger partial charge in [0, 0.05) is 11.4 Å². The molecule has 0 saturated carbocycles. The van der Waals surface area contributed by atoms with Crippen LogP contribution in [0.15, 0.2) is 29.4 Å². The molecule has 1 aliphatic heterocycles. The van der Waals surface area contributed by atoms with Crippen molar-refractivity contribution >= 4 is 38.1 Å². The van der Waals surface area contributed by atoms with Crippen LogP contribution in [0.1, 0.15) is 18.9 Å². The third kappa shape index (κ3) is 3.41. The Balaban J connectivity index is 2.17. The van der Waals surface area contributed by atoms with E-state index < -0.39 is 15.4 Å². The molecular formula is C12H13Cl2NO3S. The third-order valence-electron chi connectivity index (χ3n) is 2.78. The van der Waals surface area contributed by atoms with Crippen molar-refractivity contribution in [2.24, 2.45) is 5.16 Å². The summed E-state index contributed by atoms with van der Waals surface area (Å²) >= 11 is 11.6. The highest BCUT2D eigenvalue weighted by Crippen LogP contribution is 2.28. The molecule has 0 aromatic heterocycles. The van der Waals surface area contributed by atoms with Gasteiger partial charge in [0.15, 0.2) is 20.5 Å². The molecule has 2 rings (SSSR count). The molecule has 0 aliphatic carbocycles. The molecule has 0 bridgehead atoms. The Morgan fingerprint density at radius 2 is 2.21 bits per heavy atom. The van der Waals surface area contributed by atoms with Gasteiger partial charge in [-0.15, -0.1) is 11.6 Å². The van der Waals surface area contributed by atoms with Gasteiger partial charge in [-0.3, -0.25) is 0 Å². The summed E-state index contributed by atoms with van der Waals surface area (Å²) in [5.74, 6) is 0.0425. The molecule has 1 unspecified atom stereocenters. The summed E-state index contributed by atoms with van der Waals surface area (Å²) in [6, 6.07) is 6.73. The molecule has 104 valence electrons. The minimum atomic E-state index is -3.50. The van der Waals surface area contributed by atoms with Crippen molar-refractivity contribution in [3.05, 3.63) is 34.9 Å². The number of benzene rings is 1. The van der Waals surface area contributed by atoms with E-state index in [0.29, 0.717) is 10.6 Å². The first-order valence-electron chi connectivity index (χ1n) is 5.63. The Kier molecular flexibility index (Phi) is 4.08. The van der Waals surface area contributed by atoms with E-state index in [1.165, 1.54) is 0 Å². The summed E-state index contributed by atoms with van der Waals surface area (Å²) in [7, 11) is -3.50. The van der Waals surface area contributed by atoms with Gasteiger partial charge in [-0.25, -0.2) is 8.42 Å². The van der Waals surface area contributed by atoms with Gasteiger partial charge in [0.2, 0.25) is 0 Å². The monoisotopic (exact) mass is 321 g/mol. The summed E-state index contributed by atoms with van der Waals surface area (Å²) < 4.78 is 24.4. The molecule has 19 heavy (non-hydrogen) atoms. The van der Waals surface area contributed by atoms with Crippen molar-refractivity contribution in [3.8, 4) is 0 Å². The van der Waals surface area contributed by atoms with Crippen LogP contribution in [0.4, 0.5) is 0 Å². The van der Waals surface area contributed by atoms with Crippen molar-refractivity contribution in [3.63, 3.8) is 0 Å². The summed E-state index contributed by atoms with van der Waals surface area (Å²) in [5.41, 5.74) is -0.118. The first-order chi connectivity index (χ1) is 8.85. The normalized spacial score (nSPS) is 23.0. The molecule has 1 atom stereocenters. The van der Waals surface area contributed by atoms with Gasteiger partial charge in [-0.1, -0.05) is 28.9 Å². The number of oxime groups is 1. The van der Waals surface area contributed by atoms with Crippen LogP contribution in [0.5, 0.6) is 0 Å². The first-order valence-corrected chi connectivity index (χ1v) is 8.19. The summed E-state index contributed by atoms with van der Waals surface area (Å²) in [5, 5.41) is 4.20. The highest BCUT2D eigenvalue weighted by atomic mass is 35.5. The van der Waals surface area contributed by atoms with Gasteiger partial charge >= 0.3 is 0 Å². The minimum Gasteiger partial charge on any atom is -0.387 e. The van der Waals surface area contributed by atoms with E-state index in [0.717, 1.165) is 0 Å². The van der Waals surface area contributed by atoms with Crippen LogP contribution in [0.3, 0.4) is 0 Å². The maximum Gasteiger partial charge on any atom is 0.199 e. The summed E-state index contributed by atoms with van der Waals surface area (Å²) in [6.07, 6.45) is 0.194. The van der Waals surface area contributed by atoms with Crippen LogP contribution in [0.25, 0.3) is 0 Å². The van der Waals surface area contributed by atoms with Gasteiger partial charge in [0.25, 0.3) is 0 Å². The Labute approximate surface area is 122 Å². The van der Waals surface area contributed by atoms with Crippen LogP contribution in [-0.4, -0.2) is 24.9 Å². The van der Waals surface area contributed by atoms with E-state index >= 15 is 0 Å². The molecule has 1 heterocycles. The third-order valence-corrected chi connectivity index (χ3v) is 5.23. The number of sulfone groups is 1. The zero-order chi connectivity index (χ0) is 14.1. The lowest BCUT2D eigenvalue weighted by atomic mass is 10.1. The molecular weight excluding hydrogens is 309 g/mol. The smallest absolute Gasteiger partial charge is 0.199 e.